The average Bonchev–Trinajstić information content (AvgIpc) is 3.54. The monoisotopic (exact) mass is 655 g/mol. The lowest BCUT2D eigenvalue weighted by molar-refractivity contribution is -0.385. The number of thioether (sulfide) groups is 1. The summed E-state index contributed by atoms with van der Waals surface area (Å²) in [7, 11) is 0. The second-order valence-corrected chi connectivity index (χ2v) is 13.1. The fourth-order valence-electron chi connectivity index (χ4n) is 5.03. The Morgan fingerprint density at radius 1 is 0.978 bits per heavy atom. The van der Waals surface area contributed by atoms with Crippen molar-refractivity contribution in [2.75, 3.05) is 0 Å². The number of benzene rings is 2. The van der Waals surface area contributed by atoms with E-state index in [1.54, 1.807) is 20.8 Å². The first-order chi connectivity index (χ1) is 21.3. The Morgan fingerprint density at radius 2 is 1.53 bits per heavy atom. The zero-order chi connectivity index (χ0) is 32.5. The predicted octanol–water partition coefficient (Wildman–Crippen LogP) is 5.07. The Bertz CT molecular complexity index is 1700. The molecule has 2 aromatic carbocycles. The molecule has 0 radical (unpaired) electrons. The van der Waals surface area contributed by atoms with Gasteiger partial charge in [-0.15, -0.1) is 10.2 Å². The number of nitro groups is 2. The first-order valence-electron chi connectivity index (χ1n) is 13.4. The van der Waals surface area contributed by atoms with Crippen LogP contribution >= 0.6 is 23.1 Å². The molecule has 234 valence electrons. The zero-order valence-corrected chi connectivity index (χ0v) is 25.7. The van der Waals surface area contributed by atoms with Crippen LogP contribution in [0.5, 0.6) is 0 Å². The highest BCUT2D eigenvalue weighted by Crippen LogP contribution is 2.51. The van der Waals surface area contributed by atoms with Gasteiger partial charge in [0.25, 0.3) is 11.4 Å². The molecule has 17 heteroatoms. The summed E-state index contributed by atoms with van der Waals surface area (Å²) in [5, 5.41) is 30.6. The maximum atomic E-state index is 13.5. The number of hydrogen-bond acceptors (Lipinski definition) is 14. The van der Waals surface area contributed by atoms with E-state index in [4.69, 9.17) is 14.2 Å². The number of aryl methyl sites for hydroxylation is 1. The predicted molar refractivity (Wildman–Crippen MR) is 158 cm³/mol. The van der Waals surface area contributed by atoms with Crippen molar-refractivity contribution in [3.63, 3.8) is 0 Å². The second kappa shape index (κ2) is 12.6. The molecule has 5 rings (SSSR count). The Balaban J connectivity index is 1.27. The van der Waals surface area contributed by atoms with Gasteiger partial charge in [-0.3, -0.25) is 25.0 Å². The van der Waals surface area contributed by atoms with Crippen molar-refractivity contribution in [2.24, 2.45) is 5.92 Å². The summed E-state index contributed by atoms with van der Waals surface area (Å²) in [5.74, 6) is -2.01. The van der Waals surface area contributed by atoms with Crippen molar-refractivity contribution < 1.29 is 38.4 Å². The molecule has 0 saturated carbocycles. The van der Waals surface area contributed by atoms with Gasteiger partial charge in [0.05, 0.1) is 21.8 Å². The van der Waals surface area contributed by atoms with E-state index in [2.05, 4.69) is 10.2 Å². The van der Waals surface area contributed by atoms with Crippen LogP contribution < -0.4 is 0 Å². The van der Waals surface area contributed by atoms with E-state index in [9.17, 15) is 34.6 Å². The fourth-order valence-corrected chi connectivity index (χ4v) is 7.10. The van der Waals surface area contributed by atoms with Crippen molar-refractivity contribution in [1.29, 1.82) is 0 Å². The number of ether oxygens (including phenoxy) is 3. The van der Waals surface area contributed by atoms with Gasteiger partial charge in [-0.25, -0.2) is 9.59 Å². The molecule has 0 N–H and O–H groups in total. The van der Waals surface area contributed by atoms with Crippen molar-refractivity contribution >= 4 is 52.5 Å². The summed E-state index contributed by atoms with van der Waals surface area (Å²) in [5.41, 5.74) is -0.446. The van der Waals surface area contributed by atoms with E-state index in [-0.39, 0.29) is 36.7 Å². The highest BCUT2D eigenvalue weighted by atomic mass is 32.2. The van der Waals surface area contributed by atoms with Gasteiger partial charge in [-0.2, -0.15) is 0 Å². The molecule has 1 fully saturated rings. The van der Waals surface area contributed by atoms with E-state index in [1.807, 2.05) is 0 Å². The van der Waals surface area contributed by atoms with Crippen LogP contribution in [0.1, 0.15) is 36.4 Å². The Kier molecular flexibility index (Phi) is 8.83. The largest absolute Gasteiger partial charge is 0.509 e. The van der Waals surface area contributed by atoms with Crippen molar-refractivity contribution in [3.8, 4) is 0 Å². The molecule has 1 saturated heterocycles. The van der Waals surface area contributed by atoms with Crippen LogP contribution in [0, 0.1) is 33.1 Å². The van der Waals surface area contributed by atoms with E-state index < -0.39 is 45.4 Å². The van der Waals surface area contributed by atoms with Crippen LogP contribution in [-0.2, 0) is 37.0 Å². The summed E-state index contributed by atoms with van der Waals surface area (Å²) >= 11 is 2.52. The number of amides is 1. The number of β-lactam (4-membered cyclic amide) rings is 1. The number of fused-ring (bicyclic) bond motifs is 1. The van der Waals surface area contributed by atoms with E-state index >= 15 is 0 Å². The van der Waals surface area contributed by atoms with Crippen molar-refractivity contribution in [2.45, 2.75) is 56.4 Å². The van der Waals surface area contributed by atoms with Crippen LogP contribution in [0.4, 0.5) is 16.2 Å². The summed E-state index contributed by atoms with van der Waals surface area (Å²) in [6, 6.07) is 10.5. The standard InChI is InChI=1S/C28H25N5O10S2/c1-15-29-30-26(44-15)45-21-12-20-22(28(2,3)43-27(36)42-14-17-6-10-19(11-7-17)33(39)40)24(34)31(20)23(21)25(35)41-13-16-4-8-18(9-5-16)32(37)38/h4-11,20,22H,12-14H2,1-3H3/t20-,22+/m1/s1. The molecular weight excluding hydrogens is 630 g/mol. The van der Waals surface area contributed by atoms with Gasteiger partial charge in [0.1, 0.15) is 29.5 Å². The van der Waals surface area contributed by atoms with Crippen molar-refractivity contribution in [1.82, 2.24) is 15.1 Å². The number of aromatic nitrogens is 2. The Labute approximate surface area is 263 Å². The minimum atomic E-state index is -1.32. The first kappa shape index (κ1) is 31.5. The van der Waals surface area contributed by atoms with Crippen LogP contribution in [0.2, 0.25) is 0 Å². The minimum absolute atomic E-state index is 0.0533. The van der Waals surface area contributed by atoms with Gasteiger partial charge in [0.2, 0.25) is 5.91 Å². The second-order valence-electron chi connectivity index (χ2n) is 10.6. The topological polar surface area (TPSA) is 194 Å². The molecule has 2 atom stereocenters. The molecule has 0 unspecified atom stereocenters. The minimum Gasteiger partial charge on any atom is -0.456 e. The third-order valence-electron chi connectivity index (χ3n) is 7.15. The third kappa shape index (κ3) is 6.78. The molecule has 2 aliphatic rings. The number of carbonyl (C=O) groups excluding carboxylic acids is 3. The molecule has 0 spiro atoms. The Hall–Kier alpha value is -4.90. The molecule has 2 aliphatic heterocycles. The molecule has 0 bridgehead atoms. The number of nitrogens with zero attached hydrogens (tertiary/aromatic N) is 5. The van der Waals surface area contributed by atoms with Gasteiger partial charge in [0, 0.05) is 35.6 Å². The van der Waals surface area contributed by atoms with Gasteiger partial charge in [-0.1, -0.05) is 23.1 Å². The van der Waals surface area contributed by atoms with Crippen LogP contribution in [0.15, 0.2) is 63.5 Å². The lowest BCUT2D eigenvalue weighted by Crippen LogP contribution is -2.66. The molecular formula is C28H25N5O10S2. The molecule has 1 aromatic heterocycles. The van der Waals surface area contributed by atoms with Crippen molar-refractivity contribution in [3.05, 3.63) is 95.5 Å². The van der Waals surface area contributed by atoms with Gasteiger partial charge >= 0.3 is 12.1 Å². The SMILES string of the molecule is Cc1nnc(SC2=C(C(=O)OCc3ccc([N+](=O)[O-])cc3)N3C(=O)[C@@H](C(C)(C)OC(=O)OCc4ccc([N+](=O)[O-])cc4)[C@H]3C2)s1. The number of esters is 1. The van der Waals surface area contributed by atoms with Crippen LogP contribution in [0.25, 0.3) is 0 Å². The summed E-state index contributed by atoms with van der Waals surface area (Å²) in [6.45, 7) is 4.56. The summed E-state index contributed by atoms with van der Waals surface area (Å²) in [4.78, 5) is 62.1. The highest BCUT2D eigenvalue weighted by Gasteiger charge is 2.62. The average molecular weight is 656 g/mol. The molecule has 3 aromatic rings. The smallest absolute Gasteiger partial charge is 0.456 e. The summed E-state index contributed by atoms with van der Waals surface area (Å²) < 4.78 is 16.8. The maximum Gasteiger partial charge on any atom is 0.509 e. The van der Waals surface area contributed by atoms with E-state index in [0.717, 1.165) is 5.01 Å². The number of carbonyl (C=O) groups is 3. The number of non-ortho nitro benzene ring substituents is 2. The van der Waals surface area contributed by atoms with E-state index in [0.29, 0.717) is 20.4 Å². The number of hydrogen-bond donors (Lipinski definition) is 0. The molecule has 0 aliphatic carbocycles. The van der Waals surface area contributed by atoms with Gasteiger partial charge < -0.3 is 19.1 Å². The molecule has 15 nitrogen and oxygen atoms in total. The molecule has 3 heterocycles. The number of nitro benzene ring substituents is 2. The quantitative estimate of drug-likeness (QED) is 0.115. The summed E-state index contributed by atoms with van der Waals surface area (Å²) in [6.07, 6.45) is -0.760. The number of rotatable bonds is 11. The van der Waals surface area contributed by atoms with Crippen LogP contribution in [0.3, 0.4) is 0 Å². The van der Waals surface area contributed by atoms with Gasteiger partial charge in [0.15, 0.2) is 4.34 Å². The highest BCUT2D eigenvalue weighted by molar-refractivity contribution is 8.04. The Morgan fingerprint density at radius 3 is 2.04 bits per heavy atom. The molecule has 1 amide bonds. The first-order valence-corrected chi connectivity index (χ1v) is 15.0. The van der Waals surface area contributed by atoms with Crippen LogP contribution in [-0.4, -0.2) is 54.6 Å². The molecule has 45 heavy (non-hydrogen) atoms. The van der Waals surface area contributed by atoms with E-state index in [1.165, 1.54) is 76.5 Å². The third-order valence-corrected chi connectivity index (χ3v) is 9.14. The maximum absolute atomic E-state index is 13.5. The zero-order valence-electron chi connectivity index (χ0n) is 24.0. The lowest BCUT2D eigenvalue weighted by Gasteiger charge is -2.49. The normalized spacial score (nSPS) is 17.4. The lowest BCUT2D eigenvalue weighted by atomic mass is 9.76. The fraction of sp³-hybridized carbons (Fsp3) is 0.321. The van der Waals surface area contributed by atoms with Gasteiger partial charge in [-0.05, 0) is 56.2 Å².